The molecule has 2 rings (SSSR count). The molecule has 0 bridgehead atoms. The molecule has 0 spiro atoms. The van der Waals surface area contributed by atoms with Gasteiger partial charge < -0.3 is 5.32 Å². The zero-order valence-corrected chi connectivity index (χ0v) is 13.7. The molecular formula is C17H21F2NS. The van der Waals surface area contributed by atoms with Crippen molar-refractivity contribution < 1.29 is 8.78 Å². The summed E-state index contributed by atoms with van der Waals surface area (Å²) in [4.78, 5) is 2.14. The Morgan fingerprint density at radius 1 is 1.10 bits per heavy atom. The zero-order chi connectivity index (χ0) is 15.6. The smallest absolute Gasteiger partial charge is 0.131 e. The van der Waals surface area contributed by atoms with Crippen molar-refractivity contribution in [3.63, 3.8) is 0 Å². The van der Waals surface area contributed by atoms with Gasteiger partial charge in [0.15, 0.2) is 0 Å². The number of rotatable bonds is 4. The largest absolute Gasteiger partial charge is 0.306 e. The average Bonchev–Trinajstić information content (AvgIpc) is 2.86. The summed E-state index contributed by atoms with van der Waals surface area (Å²) in [6, 6.07) is 7.57. The van der Waals surface area contributed by atoms with Crippen LogP contribution in [-0.2, 0) is 5.41 Å². The van der Waals surface area contributed by atoms with Crippen LogP contribution in [0.1, 0.15) is 49.1 Å². The third-order valence-electron chi connectivity index (χ3n) is 3.35. The second-order valence-electron chi connectivity index (χ2n) is 6.08. The van der Waals surface area contributed by atoms with Crippen LogP contribution in [0.5, 0.6) is 0 Å². The molecule has 1 aromatic carbocycles. The molecule has 0 amide bonds. The van der Waals surface area contributed by atoms with E-state index in [1.807, 2.05) is 19.1 Å². The molecule has 0 radical (unpaired) electrons. The maximum Gasteiger partial charge on any atom is 0.131 e. The fourth-order valence-electron chi connectivity index (χ4n) is 2.25. The minimum absolute atomic E-state index is 0.0352. The van der Waals surface area contributed by atoms with Crippen molar-refractivity contribution in [3.05, 3.63) is 57.3 Å². The normalized spacial score (nSPS) is 13.4. The molecule has 0 saturated heterocycles. The Hall–Kier alpha value is -1.26. The maximum atomic E-state index is 14.1. The number of benzene rings is 1. The van der Waals surface area contributed by atoms with E-state index in [0.717, 1.165) is 4.88 Å². The van der Waals surface area contributed by atoms with E-state index in [-0.39, 0.29) is 11.0 Å². The molecule has 1 heterocycles. The van der Waals surface area contributed by atoms with E-state index in [2.05, 4.69) is 26.1 Å². The summed E-state index contributed by atoms with van der Waals surface area (Å²) in [7, 11) is 0. The molecule has 1 nitrogen and oxygen atoms in total. The van der Waals surface area contributed by atoms with Gasteiger partial charge in [0.25, 0.3) is 0 Å². The predicted octanol–water partition coefficient (Wildman–Crippen LogP) is 5.02. The lowest BCUT2D eigenvalue weighted by Crippen LogP contribution is -2.23. The molecule has 1 atom stereocenters. The Kier molecular flexibility index (Phi) is 4.79. The van der Waals surface area contributed by atoms with Gasteiger partial charge in [-0.2, -0.15) is 0 Å². The van der Waals surface area contributed by atoms with Crippen molar-refractivity contribution >= 4 is 11.3 Å². The summed E-state index contributed by atoms with van der Waals surface area (Å²) in [5, 5.41) is 3.19. The lowest BCUT2D eigenvalue weighted by molar-refractivity contribution is 0.513. The Morgan fingerprint density at radius 3 is 2.19 bits per heavy atom. The fraction of sp³-hybridized carbons (Fsp3) is 0.412. The van der Waals surface area contributed by atoms with Gasteiger partial charge in [-0.05, 0) is 36.2 Å². The molecule has 114 valence electrons. The lowest BCUT2D eigenvalue weighted by Gasteiger charge is -2.19. The van der Waals surface area contributed by atoms with E-state index in [9.17, 15) is 8.78 Å². The first-order valence-corrected chi connectivity index (χ1v) is 7.93. The average molecular weight is 309 g/mol. The summed E-state index contributed by atoms with van der Waals surface area (Å²) in [5.74, 6) is -1.02. The summed E-state index contributed by atoms with van der Waals surface area (Å²) in [6.07, 6.45) is 0. The number of hydrogen-bond acceptors (Lipinski definition) is 2. The van der Waals surface area contributed by atoms with Gasteiger partial charge in [0.1, 0.15) is 11.6 Å². The van der Waals surface area contributed by atoms with Gasteiger partial charge in [0, 0.05) is 15.3 Å². The summed E-state index contributed by atoms with van der Waals surface area (Å²) in [6.45, 7) is 8.98. The van der Waals surface area contributed by atoms with Crippen molar-refractivity contribution in [2.75, 3.05) is 6.54 Å². The van der Waals surface area contributed by atoms with Crippen molar-refractivity contribution in [3.8, 4) is 0 Å². The first-order valence-electron chi connectivity index (χ1n) is 7.12. The molecule has 0 aliphatic rings. The topological polar surface area (TPSA) is 12.0 Å². The van der Waals surface area contributed by atoms with Crippen LogP contribution in [-0.4, -0.2) is 6.54 Å². The van der Waals surface area contributed by atoms with Crippen molar-refractivity contribution in [2.45, 2.75) is 39.2 Å². The van der Waals surface area contributed by atoms with Gasteiger partial charge in [-0.15, -0.1) is 11.3 Å². The van der Waals surface area contributed by atoms with E-state index in [4.69, 9.17) is 0 Å². The van der Waals surface area contributed by atoms with E-state index in [1.54, 1.807) is 11.3 Å². The third-order valence-corrected chi connectivity index (χ3v) is 4.92. The highest BCUT2D eigenvalue weighted by Gasteiger charge is 2.24. The molecule has 0 aliphatic heterocycles. The molecule has 1 unspecified atom stereocenters. The molecule has 4 heteroatoms. The van der Waals surface area contributed by atoms with Gasteiger partial charge in [0.2, 0.25) is 0 Å². The second kappa shape index (κ2) is 6.24. The molecule has 1 N–H and O–H groups in total. The molecule has 2 aromatic rings. The van der Waals surface area contributed by atoms with E-state index < -0.39 is 17.7 Å². The van der Waals surface area contributed by atoms with E-state index >= 15 is 0 Å². The van der Waals surface area contributed by atoms with Crippen molar-refractivity contribution in [1.82, 2.24) is 5.32 Å². The minimum Gasteiger partial charge on any atom is -0.306 e. The van der Waals surface area contributed by atoms with Crippen LogP contribution in [0, 0.1) is 11.6 Å². The van der Waals surface area contributed by atoms with Crippen molar-refractivity contribution in [2.24, 2.45) is 0 Å². The van der Waals surface area contributed by atoms with Crippen LogP contribution in [0.15, 0.2) is 30.3 Å². The molecule has 0 saturated carbocycles. The standard InChI is InChI=1S/C17H21F2NS/c1-5-20-16(15-11(18)7-6-8-12(15)19)13-9-10-14(21-13)17(2,3)4/h6-10,16,20H,5H2,1-4H3. The predicted molar refractivity (Wildman–Crippen MR) is 84.9 cm³/mol. The molecule has 0 aliphatic carbocycles. The quantitative estimate of drug-likeness (QED) is 0.836. The monoisotopic (exact) mass is 309 g/mol. The van der Waals surface area contributed by atoms with Gasteiger partial charge in [-0.3, -0.25) is 0 Å². The van der Waals surface area contributed by atoms with Crippen molar-refractivity contribution in [1.29, 1.82) is 0 Å². The number of hydrogen-bond donors (Lipinski definition) is 1. The number of halogens is 2. The highest BCUT2D eigenvalue weighted by molar-refractivity contribution is 7.12. The molecule has 1 aromatic heterocycles. The van der Waals surface area contributed by atoms with Crippen LogP contribution < -0.4 is 5.32 Å². The first kappa shape index (κ1) is 16.1. The fourth-order valence-corrected chi connectivity index (χ4v) is 3.40. The Balaban J connectivity index is 2.47. The number of nitrogens with one attached hydrogen (secondary N) is 1. The van der Waals surface area contributed by atoms with Crippen LogP contribution in [0.25, 0.3) is 0 Å². The van der Waals surface area contributed by atoms with E-state index in [0.29, 0.717) is 6.54 Å². The van der Waals surface area contributed by atoms with Crippen LogP contribution in [0.4, 0.5) is 8.78 Å². The SMILES string of the molecule is CCNC(c1ccc(C(C)(C)C)s1)c1c(F)cccc1F. The lowest BCUT2D eigenvalue weighted by atomic mass is 9.95. The molecular weight excluding hydrogens is 288 g/mol. The summed E-state index contributed by atoms with van der Waals surface area (Å²) in [5.41, 5.74) is 0.134. The zero-order valence-electron chi connectivity index (χ0n) is 12.8. The molecule has 0 fully saturated rings. The van der Waals surface area contributed by atoms with E-state index in [1.165, 1.54) is 23.1 Å². The first-order chi connectivity index (χ1) is 9.84. The number of thiophene rings is 1. The Bertz CT molecular complexity index is 593. The van der Waals surface area contributed by atoms with Crippen LogP contribution in [0.2, 0.25) is 0 Å². The van der Waals surface area contributed by atoms with Crippen LogP contribution in [0.3, 0.4) is 0 Å². The van der Waals surface area contributed by atoms with Crippen LogP contribution >= 0.6 is 11.3 Å². The van der Waals surface area contributed by atoms with Gasteiger partial charge in [-0.25, -0.2) is 8.78 Å². The molecule has 21 heavy (non-hydrogen) atoms. The van der Waals surface area contributed by atoms with Gasteiger partial charge >= 0.3 is 0 Å². The summed E-state index contributed by atoms with van der Waals surface area (Å²) >= 11 is 1.60. The highest BCUT2D eigenvalue weighted by Crippen LogP contribution is 2.36. The minimum atomic E-state index is -0.508. The second-order valence-corrected chi connectivity index (χ2v) is 7.19. The Morgan fingerprint density at radius 2 is 1.71 bits per heavy atom. The highest BCUT2D eigenvalue weighted by atomic mass is 32.1. The summed E-state index contributed by atoms with van der Waals surface area (Å²) < 4.78 is 28.1. The maximum absolute atomic E-state index is 14.1. The third kappa shape index (κ3) is 3.50. The Labute approximate surface area is 129 Å². The van der Waals surface area contributed by atoms with Gasteiger partial charge in [-0.1, -0.05) is 33.8 Å². The van der Waals surface area contributed by atoms with Gasteiger partial charge in [0.05, 0.1) is 6.04 Å².